The molecule has 0 radical (unpaired) electrons. The molecule has 0 spiro atoms. The van der Waals surface area contributed by atoms with Crippen LogP contribution in [0.3, 0.4) is 0 Å². The van der Waals surface area contributed by atoms with Gasteiger partial charge in [-0.3, -0.25) is 4.79 Å². The monoisotopic (exact) mass is 362 g/mol. The highest BCUT2D eigenvalue weighted by Crippen LogP contribution is 2.19. The second-order valence-corrected chi connectivity index (χ2v) is 6.01. The Morgan fingerprint density at radius 1 is 1.24 bits per heavy atom. The molecular formula is C16H15BrN2OS. The molecule has 0 saturated heterocycles. The molecule has 0 bridgehead atoms. The van der Waals surface area contributed by atoms with Crippen LogP contribution in [-0.4, -0.2) is 10.9 Å². The molecule has 108 valence electrons. The molecule has 0 aromatic heterocycles. The van der Waals surface area contributed by atoms with E-state index in [4.69, 9.17) is 18.0 Å². The highest BCUT2D eigenvalue weighted by Gasteiger charge is 2.18. The number of benzene rings is 2. The summed E-state index contributed by atoms with van der Waals surface area (Å²) in [4.78, 5) is 12.6. The fourth-order valence-corrected chi connectivity index (χ4v) is 2.49. The van der Waals surface area contributed by atoms with Gasteiger partial charge in [0.1, 0.15) is 11.0 Å². The number of halogens is 1. The molecule has 2 aromatic carbocycles. The molecule has 0 saturated carbocycles. The average molecular weight is 363 g/mol. The standard InChI is InChI=1S/C16H15BrN2OS/c1-10-7-8-12(9-13(10)17)16(20)19-14(15(18)21)11-5-3-2-4-6-11/h2-9,14H,1H3,(H2,18,21)(H,19,20). The number of hydrogen-bond acceptors (Lipinski definition) is 2. The van der Waals surface area contributed by atoms with Crippen LogP contribution >= 0.6 is 28.1 Å². The SMILES string of the molecule is Cc1ccc(C(=O)NC(C(N)=S)c2ccccc2)cc1Br. The van der Waals surface area contributed by atoms with E-state index in [1.54, 1.807) is 12.1 Å². The average Bonchev–Trinajstić information content (AvgIpc) is 2.48. The Morgan fingerprint density at radius 3 is 2.48 bits per heavy atom. The van der Waals surface area contributed by atoms with E-state index in [9.17, 15) is 4.79 Å². The van der Waals surface area contributed by atoms with Gasteiger partial charge in [0.2, 0.25) is 0 Å². The van der Waals surface area contributed by atoms with Crippen LogP contribution < -0.4 is 11.1 Å². The van der Waals surface area contributed by atoms with Crippen molar-refractivity contribution in [2.24, 2.45) is 5.73 Å². The highest BCUT2D eigenvalue weighted by atomic mass is 79.9. The normalized spacial score (nSPS) is 11.7. The first-order valence-electron chi connectivity index (χ1n) is 6.40. The lowest BCUT2D eigenvalue weighted by Crippen LogP contribution is -2.36. The molecule has 0 aliphatic heterocycles. The van der Waals surface area contributed by atoms with Crippen LogP contribution in [0.4, 0.5) is 0 Å². The predicted molar refractivity (Wildman–Crippen MR) is 92.3 cm³/mol. The zero-order valence-electron chi connectivity index (χ0n) is 11.5. The molecule has 1 amide bonds. The molecule has 3 N–H and O–H groups in total. The van der Waals surface area contributed by atoms with Gasteiger partial charge in [-0.2, -0.15) is 0 Å². The van der Waals surface area contributed by atoms with Gasteiger partial charge in [0.25, 0.3) is 5.91 Å². The van der Waals surface area contributed by atoms with E-state index in [0.717, 1.165) is 15.6 Å². The molecule has 3 nitrogen and oxygen atoms in total. The zero-order chi connectivity index (χ0) is 15.4. The number of rotatable bonds is 4. The summed E-state index contributed by atoms with van der Waals surface area (Å²) in [5, 5.41) is 2.87. The summed E-state index contributed by atoms with van der Waals surface area (Å²) in [5.41, 5.74) is 8.25. The first kappa shape index (κ1) is 15.7. The number of nitrogens with one attached hydrogen (secondary N) is 1. The summed E-state index contributed by atoms with van der Waals surface area (Å²) in [5.74, 6) is -0.211. The lowest BCUT2D eigenvalue weighted by atomic mass is 10.1. The first-order valence-corrected chi connectivity index (χ1v) is 7.60. The van der Waals surface area contributed by atoms with Gasteiger partial charge in [-0.05, 0) is 30.2 Å². The van der Waals surface area contributed by atoms with Crippen LogP contribution in [0.25, 0.3) is 0 Å². The van der Waals surface area contributed by atoms with Gasteiger partial charge < -0.3 is 11.1 Å². The summed E-state index contributed by atoms with van der Waals surface area (Å²) in [6.45, 7) is 1.97. The molecule has 5 heteroatoms. The maximum absolute atomic E-state index is 12.3. The van der Waals surface area contributed by atoms with Crippen LogP contribution in [0.15, 0.2) is 53.0 Å². The Bertz CT molecular complexity index is 673. The molecule has 0 aliphatic rings. The topological polar surface area (TPSA) is 55.1 Å². The van der Waals surface area contributed by atoms with Gasteiger partial charge in [0.05, 0.1) is 0 Å². The lowest BCUT2D eigenvalue weighted by molar-refractivity contribution is 0.0947. The highest BCUT2D eigenvalue weighted by molar-refractivity contribution is 9.10. The van der Waals surface area contributed by atoms with Crippen molar-refractivity contribution in [1.82, 2.24) is 5.32 Å². The second-order valence-electron chi connectivity index (χ2n) is 4.68. The van der Waals surface area contributed by atoms with Crippen molar-refractivity contribution < 1.29 is 4.79 Å². The van der Waals surface area contributed by atoms with Gasteiger partial charge >= 0.3 is 0 Å². The largest absolute Gasteiger partial charge is 0.391 e. The van der Waals surface area contributed by atoms with E-state index < -0.39 is 6.04 Å². The molecule has 2 aromatic rings. The number of amides is 1. The van der Waals surface area contributed by atoms with E-state index in [0.29, 0.717) is 5.56 Å². The Labute approximate surface area is 137 Å². The van der Waals surface area contributed by atoms with Crippen LogP contribution in [-0.2, 0) is 0 Å². The molecule has 1 atom stereocenters. The van der Waals surface area contributed by atoms with Crippen molar-refractivity contribution in [2.45, 2.75) is 13.0 Å². The summed E-state index contributed by atoms with van der Waals surface area (Å²) in [7, 11) is 0. The van der Waals surface area contributed by atoms with Gasteiger partial charge in [0.15, 0.2) is 0 Å². The number of thiocarbonyl (C=S) groups is 1. The third-order valence-electron chi connectivity index (χ3n) is 3.13. The van der Waals surface area contributed by atoms with E-state index >= 15 is 0 Å². The van der Waals surface area contributed by atoms with Crippen LogP contribution in [0.5, 0.6) is 0 Å². The molecule has 0 heterocycles. The number of aryl methyl sites for hydroxylation is 1. The van der Waals surface area contributed by atoms with Gasteiger partial charge in [-0.15, -0.1) is 0 Å². The third-order valence-corrected chi connectivity index (χ3v) is 4.22. The molecule has 2 rings (SSSR count). The fraction of sp³-hybridized carbons (Fsp3) is 0.125. The zero-order valence-corrected chi connectivity index (χ0v) is 13.9. The van der Waals surface area contributed by atoms with E-state index in [1.165, 1.54) is 0 Å². The summed E-state index contributed by atoms with van der Waals surface area (Å²) < 4.78 is 0.890. The summed E-state index contributed by atoms with van der Waals surface area (Å²) in [6.07, 6.45) is 0. The Hall–Kier alpha value is -1.72. The maximum Gasteiger partial charge on any atom is 0.252 e. The minimum absolute atomic E-state index is 0.211. The van der Waals surface area contributed by atoms with Gasteiger partial charge in [-0.25, -0.2) is 0 Å². The Morgan fingerprint density at radius 2 is 1.90 bits per heavy atom. The molecule has 0 fully saturated rings. The van der Waals surface area contributed by atoms with Crippen molar-refractivity contribution in [3.8, 4) is 0 Å². The van der Waals surface area contributed by atoms with Crippen LogP contribution in [0, 0.1) is 6.92 Å². The molecule has 21 heavy (non-hydrogen) atoms. The van der Waals surface area contributed by atoms with E-state index in [-0.39, 0.29) is 10.9 Å². The van der Waals surface area contributed by atoms with Crippen LogP contribution in [0.1, 0.15) is 27.5 Å². The smallest absolute Gasteiger partial charge is 0.252 e. The van der Waals surface area contributed by atoms with Crippen molar-refractivity contribution in [2.75, 3.05) is 0 Å². The Kier molecular flexibility index (Phi) is 5.09. The minimum atomic E-state index is -0.478. The van der Waals surface area contributed by atoms with Crippen molar-refractivity contribution in [3.05, 3.63) is 69.7 Å². The predicted octanol–water partition coefficient (Wildman–Crippen LogP) is 3.51. The number of carbonyl (C=O) groups excluding carboxylic acids is 1. The molecular weight excluding hydrogens is 348 g/mol. The summed E-state index contributed by atoms with van der Waals surface area (Å²) in [6, 6.07) is 14.4. The second kappa shape index (κ2) is 6.83. The van der Waals surface area contributed by atoms with E-state index in [1.807, 2.05) is 43.3 Å². The number of nitrogens with two attached hydrogens (primary N) is 1. The third kappa shape index (κ3) is 3.89. The van der Waals surface area contributed by atoms with Gasteiger partial charge in [-0.1, -0.05) is 64.5 Å². The van der Waals surface area contributed by atoms with E-state index in [2.05, 4.69) is 21.2 Å². The Balaban J connectivity index is 2.23. The van der Waals surface area contributed by atoms with Gasteiger partial charge in [0, 0.05) is 10.0 Å². The molecule has 1 unspecified atom stereocenters. The fourth-order valence-electron chi connectivity index (χ4n) is 1.91. The molecule has 0 aliphatic carbocycles. The number of hydrogen-bond donors (Lipinski definition) is 2. The maximum atomic E-state index is 12.3. The quantitative estimate of drug-likeness (QED) is 0.818. The summed E-state index contributed by atoms with van der Waals surface area (Å²) >= 11 is 8.49. The lowest BCUT2D eigenvalue weighted by Gasteiger charge is -2.18. The van der Waals surface area contributed by atoms with Crippen LogP contribution in [0.2, 0.25) is 0 Å². The number of carbonyl (C=O) groups is 1. The first-order chi connectivity index (χ1) is 9.99. The van der Waals surface area contributed by atoms with Crippen molar-refractivity contribution in [1.29, 1.82) is 0 Å². The minimum Gasteiger partial charge on any atom is -0.391 e. The van der Waals surface area contributed by atoms with Crippen molar-refractivity contribution in [3.63, 3.8) is 0 Å². The van der Waals surface area contributed by atoms with Crippen molar-refractivity contribution >= 4 is 39.0 Å².